The maximum Gasteiger partial charge on any atom is 0.270 e. The molecule has 0 aliphatic heterocycles. The van der Waals surface area contributed by atoms with E-state index >= 15 is 0 Å². The molecular formula is C17H21ClN4O. The molecule has 5 nitrogen and oxygen atoms in total. The average molecular weight is 333 g/mol. The fraction of sp³-hybridized carbons (Fsp3) is 0.353. The van der Waals surface area contributed by atoms with Crippen LogP contribution >= 0.6 is 11.6 Å². The molecule has 2 aromatic rings. The first-order chi connectivity index (χ1) is 11.0. The van der Waals surface area contributed by atoms with Crippen LogP contribution in [0.5, 0.6) is 0 Å². The highest BCUT2D eigenvalue weighted by Gasteiger charge is 2.11. The Morgan fingerprint density at radius 1 is 1.26 bits per heavy atom. The van der Waals surface area contributed by atoms with Crippen LogP contribution in [0.15, 0.2) is 30.3 Å². The summed E-state index contributed by atoms with van der Waals surface area (Å²) < 4.78 is 0. The Balaban J connectivity index is 2.04. The smallest absolute Gasteiger partial charge is 0.270 e. The number of amides is 1. The van der Waals surface area contributed by atoms with E-state index in [4.69, 9.17) is 11.6 Å². The Kier molecular flexibility index (Phi) is 5.93. The Morgan fingerprint density at radius 2 is 1.96 bits per heavy atom. The lowest BCUT2D eigenvalue weighted by Crippen LogP contribution is -2.25. The summed E-state index contributed by atoms with van der Waals surface area (Å²) in [4.78, 5) is 20.9. The summed E-state index contributed by atoms with van der Waals surface area (Å²) in [6, 6.07) is 9.28. The molecule has 0 saturated carbocycles. The Hall–Kier alpha value is -2.14. The van der Waals surface area contributed by atoms with E-state index in [9.17, 15) is 4.79 Å². The van der Waals surface area contributed by atoms with Crippen LogP contribution in [0.3, 0.4) is 0 Å². The third-order valence-corrected chi connectivity index (χ3v) is 3.69. The van der Waals surface area contributed by atoms with Crippen LogP contribution in [0.25, 0.3) is 0 Å². The molecular weight excluding hydrogens is 312 g/mol. The van der Waals surface area contributed by atoms with Crippen molar-refractivity contribution in [1.29, 1.82) is 0 Å². The second-order valence-electron chi connectivity index (χ2n) is 5.48. The van der Waals surface area contributed by atoms with E-state index < -0.39 is 0 Å². The van der Waals surface area contributed by atoms with Gasteiger partial charge in [0.2, 0.25) is 5.95 Å². The van der Waals surface area contributed by atoms with Crippen molar-refractivity contribution in [3.8, 4) is 0 Å². The number of aromatic nitrogens is 2. The molecule has 0 bridgehead atoms. The topological polar surface area (TPSA) is 66.9 Å². The first-order valence-corrected chi connectivity index (χ1v) is 8.00. The number of hydrogen-bond donors (Lipinski definition) is 2. The molecule has 1 aromatic heterocycles. The second-order valence-corrected chi connectivity index (χ2v) is 5.92. The summed E-state index contributed by atoms with van der Waals surface area (Å²) in [7, 11) is 0. The molecule has 1 aromatic carbocycles. The lowest BCUT2D eigenvalue weighted by atomic mass is 10.2. The number of benzene rings is 1. The SMILES string of the molecule is CCC(C)Nc1nc(C)cc(C(=O)NCc2ccc(Cl)cc2)n1. The van der Waals surface area contributed by atoms with Gasteiger partial charge in [0.05, 0.1) is 0 Å². The van der Waals surface area contributed by atoms with Gasteiger partial charge in [-0.2, -0.15) is 0 Å². The number of anilines is 1. The van der Waals surface area contributed by atoms with Crippen LogP contribution in [-0.4, -0.2) is 21.9 Å². The van der Waals surface area contributed by atoms with Crippen LogP contribution in [-0.2, 0) is 6.54 Å². The van der Waals surface area contributed by atoms with Crippen LogP contribution in [0.2, 0.25) is 5.02 Å². The molecule has 0 spiro atoms. The van der Waals surface area contributed by atoms with Gasteiger partial charge in [0.25, 0.3) is 5.91 Å². The van der Waals surface area contributed by atoms with Gasteiger partial charge in [-0.3, -0.25) is 4.79 Å². The number of hydrogen-bond acceptors (Lipinski definition) is 4. The van der Waals surface area contributed by atoms with E-state index in [1.807, 2.05) is 26.0 Å². The van der Waals surface area contributed by atoms with Gasteiger partial charge in [-0.05, 0) is 44.0 Å². The molecule has 0 saturated heterocycles. The summed E-state index contributed by atoms with van der Waals surface area (Å²) in [6.45, 7) is 6.39. The minimum absolute atomic E-state index is 0.224. The first kappa shape index (κ1) is 17.2. The van der Waals surface area contributed by atoms with Gasteiger partial charge >= 0.3 is 0 Å². The van der Waals surface area contributed by atoms with Crippen molar-refractivity contribution in [1.82, 2.24) is 15.3 Å². The van der Waals surface area contributed by atoms with Crippen LogP contribution in [0.4, 0.5) is 5.95 Å². The predicted molar refractivity (Wildman–Crippen MR) is 92.8 cm³/mol. The molecule has 1 heterocycles. The molecule has 1 amide bonds. The zero-order valence-corrected chi connectivity index (χ0v) is 14.3. The Morgan fingerprint density at radius 3 is 2.61 bits per heavy atom. The number of rotatable bonds is 6. The summed E-state index contributed by atoms with van der Waals surface area (Å²) in [5.74, 6) is 0.258. The lowest BCUT2D eigenvalue weighted by Gasteiger charge is -2.13. The number of nitrogens with one attached hydrogen (secondary N) is 2. The molecule has 122 valence electrons. The number of aryl methyl sites for hydroxylation is 1. The largest absolute Gasteiger partial charge is 0.352 e. The third-order valence-electron chi connectivity index (χ3n) is 3.44. The summed E-state index contributed by atoms with van der Waals surface area (Å²) in [6.07, 6.45) is 0.954. The van der Waals surface area contributed by atoms with Gasteiger partial charge in [0, 0.05) is 23.3 Å². The average Bonchev–Trinajstić information content (AvgIpc) is 2.53. The van der Waals surface area contributed by atoms with E-state index in [0.717, 1.165) is 17.7 Å². The van der Waals surface area contributed by atoms with E-state index in [-0.39, 0.29) is 11.9 Å². The zero-order valence-electron chi connectivity index (χ0n) is 13.6. The van der Waals surface area contributed by atoms with Crippen molar-refractivity contribution < 1.29 is 4.79 Å². The molecule has 0 radical (unpaired) electrons. The highest BCUT2D eigenvalue weighted by Crippen LogP contribution is 2.10. The summed E-state index contributed by atoms with van der Waals surface area (Å²) in [5, 5.41) is 6.72. The predicted octanol–water partition coefficient (Wildman–Crippen LogP) is 3.58. The Bertz CT molecular complexity index is 673. The zero-order chi connectivity index (χ0) is 16.8. The molecule has 1 unspecified atom stereocenters. The third kappa shape index (κ3) is 5.21. The maximum atomic E-state index is 12.3. The molecule has 6 heteroatoms. The van der Waals surface area contributed by atoms with E-state index in [1.54, 1.807) is 18.2 Å². The van der Waals surface area contributed by atoms with Crippen molar-refractivity contribution >= 4 is 23.5 Å². The van der Waals surface area contributed by atoms with Gasteiger partial charge < -0.3 is 10.6 Å². The van der Waals surface area contributed by atoms with Crippen molar-refractivity contribution in [2.24, 2.45) is 0 Å². The van der Waals surface area contributed by atoms with Crippen LogP contribution < -0.4 is 10.6 Å². The standard InChI is InChI=1S/C17H21ClN4O/c1-4-11(2)20-17-21-12(3)9-15(22-17)16(23)19-10-13-5-7-14(18)8-6-13/h5-9,11H,4,10H2,1-3H3,(H,19,23)(H,20,21,22). The van der Waals surface area contributed by atoms with Gasteiger partial charge in [0.1, 0.15) is 5.69 Å². The minimum atomic E-state index is -0.224. The number of carbonyl (C=O) groups excluding carboxylic acids is 1. The number of halogens is 1. The molecule has 1 atom stereocenters. The van der Waals surface area contributed by atoms with Crippen LogP contribution in [0.1, 0.15) is 42.0 Å². The van der Waals surface area contributed by atoms with Crippen molar-refractivity contribution in [2.45, 2.75) is 39.8 Å². The lowest BCUT2D eigenvalue weighted by molar-refractivity contribution is 0.0945. The van der Waals surface area contributed by atoms with Gasteiger partial charge in [-0.15, -0.1) is 0 Å². The summed E-state index contributed by atoms with van der Waals surface area (Å²) >= 11 is 5.85. The van der Waals surface area contributed by atoms with Gasteiger partial charge in [0.15, 0.2) is 0 Å². The molecule has 2 N–H and O–H groups in total. The fourth-order valence-corrected chi connectivity index (χ4v) is 2.07. The quantitative estimate of drug-likeness (QED) is 0.848. The highest BCUT2D eigenvalue weighted by molar-refractivity contribution is 6.30. The highest BCUT2D eigenvalue weighted by atomic mass is 35.5. The first-order valence-electron chi connectivity index (χ1n) is 7.62. The van der Waals surface area contributed by atoms with Crippen molar-refractivity contribution in [3.05, 3.63) is 52.3 Å². The molecule has 23 heavy (non-hydrogen) atoms. The van der Waals surface area contributed by atoms with Crippen molar-refractivity contribution in [2.75, 3.05) is 5.32 Å². The monoisotopic (exact) mass is 332 g/mol. The normalized spacial score (nSPS) is 11.8. The van der Waals surface area contributed by atoms with E-state index in [1.165, 1.54) is 0 Å². The molecule has 0 fully saturated rings. The van der Waals surface area contributed by atoms with Gasteiger partial charge in [-0.1, -0.05) is 30.7 Å². The molecule has 0 aliphatic rings. The van der Waals surface area contributed by atoms with Gasteiger partial charge in [-0.25, -0.2) is 9.97 Å². The second kappa shape index (κ2) is 7.92. The van der Waals surface area contributed by atoms with E-state index in [0.29, 0.717) is 23.2 Å². The van der Waals surface area contributed by atoms with Crippen molar-refractivity contribution in [3.63, 3.8) is 0 Å². The number of nitrogens with zero attached hydrogens (tertiary/aromatic N) is 2. The molecule has 0 aliphatic carbocycles. The minimum Gasteiger partial charge on any atom is -0.352 e. The number of carbonyl (C=O) groups is 1. The Labute approximate surface area is 141 Å². The summed E-state index contributed by atoms with van der Waals surface area (Å²) in [5.41, 5.74) is 2.09. The van der Waals surface area contributed by atoms with E-state index in [2.05, 4.69) is 27.5 Å². The van der Waals surface area contributed by atoms with Crippen LogP contribution in [0, 0.1) is 6.92 Å². The molecule has 2 rings (SSSR count). The fourth-order valence-electron chi connectivity index (χ4n) is 1.95. The maximum absolute atomic E-state index is 12.3.